The topological polar surface area (TPSA) is 92.3 Å². The van der Waals surface area contributed by atoms with Gasteiger partial charge in [-0.1, -0.05) is 0 Å². The molecule has 1 aliphatic rings. The average molecular weight is 366 g/mol. The van der Waals surface area contributed by atoms with Crippen LogP contribution in [0, 0.1) is 11.3 Å². The van der Waals surface area contributed by atoms with E-state index in [1.807, 2.05) is 0 Å². The van der Waals surface area contributed by atoms with Crippen molar-refractivity contribution < 1.29 is 13.9 Å². The second kappa shape index (κ2) is 6.32. The van der Waals surface area contributed by atoms with E-state index in [1.165, 1.54) is 18.4 Å². The van der Waals surface area contributed by atoms with E-state index >= 15 is 0 Å². The lowest BCUT2D eigenvalue weighted by Gasteiger charge is -2.07. The van der Waals surface area contributed by atoms with Gasteiger partial charge < -0.3 is 14.5 Å². The highest BCUT2D eigenvalue weighted by molar-refractivity contribution is 7.16. The quantitative estimate of drug-likeness (QED) is 0.717. The molecule has 4 rings (SSSR count). The number of ether oxygens (including phenoxy) is 1. The Kier molecular flexibility index (Phi) is 3.98. The van der Waals surface area contributed by atoms with Crippen molar-refractivity contribution in [1.82, 2.24) is 0 Å². The number of nitrogens with zero attached hydrogens (tertiary/aromatic N) is 1. The second-order valence-electron chi connectivity index (χ2n) is 5.97. The Morgan fingerprint density at radius 2 is 2.19 bits per heavy atom. The number of aryl methyl sites for hydroxylation is 1. The molecule has 1 amide bonds. The Balaban J connectivity index is 1.76. The maximum absolute atomic E-state index is 12.8. The average Bonchev–Trinajstić information content (AvgIpc) is 3.20. The largest absolute Gasteiger partial charge is 0.497 e. The van der Waals surface area contributed by atoms with Crippen molar-refractivity contribution in [2.45, 2.75) is 19.3 Å². The van der Waals surface area contributed by atoms with Gasteiger partial charge in [0.25, 0.3) is 5.91 Å². The molecule has 0 saturated carbocycles. The van der Waals surface area contributed by atoms with Crippen molar-refractivity contribution in [1.29, 1.82) is 5.26 Å². The predicted molar refractivity (Wildman–Crippen MR) is 98.0 cm³/mol. The SMILES string of the molecule is COc1ccc2c(C(=O)Nc3sc4c(c3C#N)CCC4)cc(=O)oc2c1. The van der Waals surface area contributed by atoms with E-state index in [0.29, 0.717) is 21.7 Å². The van der Waals surface area contributed by atoms with Gasteiger partial charge in [0.15, 0.2) is 0 Å². The summed E-state index contributed by atoms with van der Waals surface area (Å²) in [4.78, 5) is 25.8. The molecule has 1 N–H and O–H groups in total. The standard InChI is InChI=1S/C19H14N2O4S/c1-24-10-5-6-11-13(8-17(22)25-15(11)7-10)18(23)21-19-14(9-20)12-3-2-4-16(12)26-19/h5-8H,2-4H2,1H3,(H,21,23). The van der Waals surface area contributed by atoms with Gasteiger partial charge in [-0.15, -0.1) is 11.3 Å². The molecular weight excluding hydrogens is 352 g/mol. The molecule has 2 heterocycles. The van der Waals surface area contributed by atoms with Crippen LogP contribution in [0.3, 0.4) is 0 Å². The molecule has 0 unspecified atom stereocenters. The lowest BCUT2D eigenvalue weighted by molar-refractivity contribution is 0.102. The molecule has 0 bridgehead atoms. The zero-order valence-electron chi connectivity index (χ0n) is 13.9. The van der Waals surface area contributed by atoms with Crippen molar-refractivity contribution in [3.8, 4) is 11.8 Å². The summed E-state index contributed by atoms with van der Waals surface area (Å²) in [5, 5.41) is 13.3. The number of methoxy groups -OCH3 is 1. The van der Waals surface area contributed by atoms with Crippen LogP contribution >= 0.6 is 11.3 Å². The Hall–Kier alpha value is -3.11. The summed E-state index contributed by atoms with van der Waals surface area (Å²) >= 11 is 1.44. The van der Waals surface area contributed by atoms with Gasteiger partial charge in [-0.05, 0) is 37.0 Å². The summed E-state index contributed by atoms with van der Waals surface area (Å²) in [6, 6.07) is 8.29. The molecule has 130 valence electrons. The molecule has 1 aliphatic carbocycles. The van der Waals surface area contributed by atoms with E-state index in [1.54, 1.807) is 18.2 Å². The molecule has 0 atom stereocenters. The van der Waals surface area contributed by atoms with E-state index in [9.17, 15) is 14.9 Å². The Morgan fingerprint density at radius 1 is 1.35 bits per heavy atom. The van der Waals surface area contributed by atoms with E-state index in [2.05, 4.69) is 11.4 Å². The molecule has 1 aromatic carbocycles. The zero-order chi connectivity index (χ0) is 18.3. The van der Waals surface area contributed by atoms with Gasteiger partial charge in [0.1, 0.15) is 22.4 Å². The fourth-order valence-electron chi connectivity index (χ4n) is 3.24. The maximum Gasteiger partial charge on any atom is 0.337 e. The van der Waals surface area contributed by atoms with Crippen LogP contribution in [-0.2, 0) is 12.8 Å². The lowest BCUT2D eigenvalue weighted by atomic mass is 10.1. The van der Waals surface area contributed by atoms with Gasteiger partial charge in [0.2, 0.25) is 0 Å². The molecule has 0 fully saturated rings. The van der Waals surface area contributed by atoms with Crippen molar-refractivity contribution in [2.75, 3.05) is 12.4 Å². The number of hydrogen-bond donors (Lipinski definition) is 1. The molecule has 3 aromatic rings. The van der Waals surface area contributed by atoms with Gasteiger partial charge >= 0.3 is 5.63 Å². The first-order chi connectivity index (χ1) is 12.6. The van der Waals surface area contributed by atoms with Crippen LogP contribution in [0.5, 0.6) is 5.75 Å². The molecule has 6 nitrogen and oxygen atoms in total. The number of nitriles is 1. The highest BCUT2D eigenvalue weighted by atomic mass is 32.1. The number of nitrogens with one attached hydrogen (secondary N) is 1. The van der Waals surface area contributed by atoms with Crippen LogP contribution in [0.1, 0.15) is 32.8 Å². The highest BCUT2D eigenvalue weighted by Gasteiger charge is 2.24. The third kappa shape index (κ3) is 2.65. The fourth-order valence-corrected chi connectivity index (χ4v) is 4.47. The third-order valence-electron chi connectivity index (χ3n) is 4.46. The Morgan fingerprint density at radius 3 is 2.96 bits per heavy atom. The molecular formula is C19H14N2O4S. The summed E-state index contributed by atoms with van der Waals surface area (Å²) in [6.07, 6.45) is 2.83. The summed E-state index contributed by atoms with van der Waals surface area (Å²) in [5.41, 5.74) is 1.43. The molecule has 2 aromatic heterocycles. The second-order valence-corrected chi connectivity index (χ2v) is 7.07. The van der Waals surface area contributed by atoms with Crippen LogP contribution in [0.25, 0.3) is 11.0 Å². The first kappa shape index (κ1) is 16.4. The van der Waals surface area contributed by atoms with Crippen LogP contribution in [0.4, 0.5) is 5.00 Å². The van der Waals surface area contributed by atoms with Gasteiger partial charge in [-0.3, -0.25) is 4.79 Å². The van der Waals surface area contributed by atoms with E-state index in [4.69, 9.17) is 9.15 Å². The van der Waals surface area contributed by atoms with E-state index < -0.39 is 11.5 Å². The Bertz CT molecular complexity index is 1140. The number of carbonyl (C=O) groups excluding carboxylic acids is 1. The van der Waals surface area contributed by atoms with Crippen LogP contribution in [-0.4, -0.2) is 13.0 Å². The van der Waals surface area contributed by atoms with Crippen molar-refractivity contribution in [3.63, 3.8) is 0 Å². The van der Waals surface area contributed by atoms with Crippen LogP contribution in [0.2, 0.25) is 0 Å². The highest BCUT2D eigenvalue weighted by Crippen LogP contribution is 2.38. The number of anilines is 1. The lowest BCUT2D eigenvalue weighted by Crippen LogP contribution is -2.15. The van der Waals surface area contributed by atoms with Crippen molar-refractivity contribution >= 4 is 33.2 Å². The third-order valence-corrected chi connectivity index (χ3v) is 5.66. The minimum atomic E-state index is -0.620. The number of carbonyl (C=O) groups is 1. The van der Waals surface area contributed by atoms with Gasteiger partial charge in [0.05, 0.1) is 18.2 Å². The number of rotatable bonds is 3. The number of benzene rings is 1. The minimum Gasteiger partial charge on any atom is -0.497 e. The summed E-state index contributed by atoms with van der Waals surface area (Å²) in [6.45, 7) is 0. The number of amides is 1. The molecule has 0 radical (unpaired) electrons. The van der Waals surface area contributed by atoms with E-state index in [-0.39, 0.29) is 11.1 Å². The van der Waals surface area contributed by atoms with Crippen molar-refractivity contribution in [2.24, 2.45) is 0 Å². The first-order valence-corrected chi connectivity index (χ1v) is 8.90. The summed E-state index contributed by atoms with van der Waals surface area (Å²) in [5.74, 6) is 0.0872. The molecule has 0 aliphatic heterocycles. The van der Waals surface area contributed by atoms with Crippen LogP contribution < -0.4 is 15.7 Å². The van der Waals surface area contributed by atoms with Gasteiger partial charge in [0, 0.05) is 22.4 Å². The van der Waals surface area contributed by atoms with Crippen LogP contribution in [0.15, 0.2) is 33.5 Å². The smallest absolute Gasteiger partial charge is 0.337 e. The minimum absolute atomic E-state index is 0.205. The Labute approximate surface area is 152 Å². The molecule has 7 heteroatoms. The fraction of sp³-hybridized carbons (Fsp3) is 0.211. The predicted octanol–water partition coefficient (Wildman–Crippen LogP) is 3.48. The zero-order valence-corrected chi connectivity index (χ0v) is 14.7. The number of hydrogen-bond acceptors (Lipinski definition) is 6. The molecule has 26 heavy (non-hydrogen) atoms. The summed E-state index contributed by atoms with van der Waals surface area (Å²) in [7, 11) is 1.51. The maximum atomic E-state index is 12.8. The first-order valence-electron chi connectivity index (χ1n) is 8.08. The van der Waals surface area contributed by atoms with Gasteiger partial charge in [-0.25, -0.2) is 4.79 Å². The van der Waals surface area contributed by atoms with Crippen molar-refractivity contribution in [3.05, 3.63) is 56.3 Å². The van der Waals surface area contributed by atoms with E-state index in [0.717, 1.165) is 35.8 Å². The van der Waals surface area contributed by atoms with Gasteiger partial charge in [-0.2, -0.15) is 5.26 Å². The molecule has 0 spiro atoms. The summed E-state index contributed by atoms with van der Waals surface area (Å²) < 4.78 is 10.3. The normalized spacial score (nSPS) is 12.6. The number of thiophene rings is 1. The number of fused-ring (bicyclic) bond motifs is 2. The monoisotopic (exact) mass is 366 g/mol. The molecule has 0 saturated heterocycles.